The van der Waals surface area contributed by atoms with Crippen molar-refractivity contribution in [2.75, 3.05) is 5.32 Å². The average Bonchev–Trinajstić information content (AvgIpc) is 2.30. The number of nitrogens with zero attached hydrogens (tertiary/aromatic N) is 2. The molecule has 2 rings (SSSR count). The van der Waals surface area contributed by atoms with Crippen LogP contribution in [-0.4, -0.2) is 20.9 Å². The fraction of sp³-hybridized carbons (Fsp3) is 0.0909. The molecule has 6 heteroatoms. The monoisotopic (exact) mass is 246 g/mol. The fourth-order valence-electron chi connectivity index (χ4n) is 1.33. The molecule has 5 nitrogen and oxygen atoms in total. The van der Waals surface area contributed by atoms with Crippen LogP contribution in [0.2, 0.25) is 0 Å². The number of rotatable bonds is 3. The molecule has 0 bridgehead atoms. The standard InChI is InChI=1S/C11H10N4OS/c16-9(6-8-4-2-1-3-5-8)14-10-12-7-13-11(17)15-10/h1-5,7H,6H2,(H2,12,13,14,15,16,17). The van der Waals surface area contributed by atoms with Crippen LogP contribution in [0.25, 0.3) is 0 Å². The molecule has 0 unspecified atom stereocenters. The molecule has 86 valence electrons. The number of amides is 1. The number of H-pyrrole nitrogens is 1. The van der Waals surface area contributed by atoms with Crippen LogP contribution in [0.4, 0.5) is 5.95 Å². The van der Waals surface area contributed by atoms with Gasteiger partial charge in [-0.05, 0) is 17.8 Å². The number of carbonyl (C=O) groups excluding carboxylic acids is 1. The minimum absolute atomic E-state index is 0.152. The molecular formula is C11H10N4OS. The number of aromatic amines is 1. The number of carbonyl (C=O) groups is 1. The van der Waals surface area contributed by atoms with Gasteiger partial charge in [0.2, 0.25) is 16.6 Å². The molecule has 0 saturated carbocycles. The number of nitrogens with one attached hydrogen (secondary N) is 2. The van der Waals surface area contributed by atoms with Crippen LogP contribution in [0.3, 0.4) is 0 Å². The first kappa shape index (κ1) is 11.4. The van der Waals surface area contributed by atoms with Crippen molar-refractivity contribution in [3.63, 3.8) is 0 Å². The normalized spacial score (nSPS) is 9.88. The topological polar surface area (TPSA) is 70.7 Å². The molecule has 2 N–H and O–H groups in total. The Balaban J connectivity index is 2.01. The summed E-state index contributed by atoms with van der Waals surface area (Å²) in [5.41, 5.74) is 0.942. The van der Waals surface area contributed by atoms with Crippen LogP contribution < -0.4 is 5.32 Å². The maximum atomic E-state index is 11.7. The van der Waals surface area contributed by atoms with Gasteiger partial charge >= 0.3 is 0 Å². The van der Waals surface area contributed by atoms with E-state index in [1.54, 1.807) is 0 Å². The number of anilines is 1. The molecule has 0 fully saturated rings. The number of aromatic nitrogens is 3. The molecule has 1 amide bonds. The summed E-state index contributed by atoms with van der Waals surface area (Å²) in [6.07, 6.45) is 1.60. The maximum absolute atomic E-state index is 11.7. The minimum atomic E-state index is -0.152. The zero-order chi connectivity index (χ0) is 12.1. The van der Waals surface area contributed by atoms with Crippen molar-refractivity contribution < 1.29 is 4.79 Å². The van der Waals surface area contributed by atoms with E-state index >= 15 is 0 Å². The van der Waals surface area contributed by atoms with Gasteiger partial charge in [0.15, 0.2) is 0 Å². The van der Waals surface area contributed by atoms with Gasteiger partial charge in [0.1, 0.15) is 6.33 Å². The fourth-order valence-corrected chi connectivity index (χ4v) is 1.47. The van der Waals surface area contributed by atoms with Gasteiger partial charge in [0, 0.05) is 0 Å². The molecule has 1 aromatic carbocycles. The summed E-state index contributed by atoms with van der Waals surface area (Å²) in [6.45, 7) is 0. The highest BCUT2D eigenvalue weighted by Gasteiger charge is 2.04. The lowest BCUT2D eigenvalue weighted by Gasteiger charge is -2.03. The van der Waals surface area contributed by atoms with Crippen molar-refractivity contribution in [1.82, 2.24) is 15.0 Å². The van der Waals surface area contributed by atoms with E-state index < -0.39 is 0 Å². The molecule has 0 radical (unpaired) electrons. The Morgan fingerprint density at radius 1 is 1.29 bits per heavy atom. The second-order valence-electron chi connectivity index (χ2n) is 3.36. The van der Waals surface area contributed by atoms with Gasteiger partial charge in [-0.15, -0.1) is 0 Å². The van der Waals surface area contributed by atoms with E-state index in [-0.39, 0.29) is 10.7 Å². The molecule has 0 aliphatic rings. The predicted molar refractivity (Wildman–Crippen MR) is 66.0 cm³/mol. The lowest BCUT2D eigenvalue weighted by Crippen LogP contribution is -2.16. The SMILES string of the molecule is O=C(Cc1ccccc1)Nc1ncnc(=S)[nH]1. The van der Waals surface area contributed by atoms with E-state index in [0.29, 0.717) is 12.4 Å². The van der Waals surface area contributed by atoms with Crippen molar-refractivity contribution in [3.05, 3.63) is 47.0 Å². The van der Waals surface area contributed by atoms with Gasteiger partial charge in [-0.25, -0.2) is 9.97 Å². The number of hydrogen-bond acceptors (Lipinski definition) is 4. The van der Waals surface area contributed by atoms with E-state index in [2.05, 4.69) is 20.3 Å². The molecule has 0 aliphatic carbocycles. The predicted octanol–water partition coefficient (Wildman–Crippen LogP) is 1.72. The smallest absolute Gasteiger partial charge is 0.231 e. The van der Waals surface area contributed by atoms with Crippen molar-refractivity contribution >= 4 is 24.1 Å². The van der Waals surface area contributed by atoms with Gasteiger partial charge in [0.05, 0.1) is 6.42 Å². The van der Waals surface area contributed by atoms with E-state index in [9.17, 15) is 4.79 Å². The second kappa shape index (κ2) is 5.31. The van der Waals surface area contributed by atoms with Crippen LogP contribution in [0.1, 0.15) is 5.56 Å². The Labute approximate surface area is 103 Å². The molecule has 17 heavy (non-hydrogen) atoms. The van der Waals surface area contributed by atoms with E-state index in [1.165, 1.54) is 6.33 Å². The van der Waals surface area contributed by atoms with Crippen molar-refractivity contribution in [3.8, 4) is 0 Å². The molecule has 0 aliphatic heterocycles. The highest BCUT2D eigenvalue weighted by atomic mass is 32.1. The third-order valence-corrected chi connectivity index (χ3v) is 2.26. The summed E-state index contributed by atoms with van der Waals surface area (Å²) >= 11 is 4.82. The number of hydrogen-bond donors (Lipinski definition) is 2. The zero-order valence-electron chi connectivity index (χ0n) is 8.88. The molecule has 1 aromatic heterocycles. The lowest BCUT2D eigenvalue weighted by atomic mass is 10.1. The van der Waals surface area contributed by atoms with Crippen LogP contribution in [0.5, 0.6) is 0 Å². The second-order valence-corrected chi connectivity index (χ2v) is 3.75. The van der Waals surface area contributed by atoms with Crippen LogP contribution in [-0.2, 0) is 11.2 Å². The Hall–Kier alpha value is -2.08. The first-order valence-corrected chi connectivity index (χ1v) is 5.40. The van der Waals surface area contributed by atoms with E-state index in [4.69, 9.17) is 12.2 Å². The molecule has 2 aromatic rings. The summed E-state index contributed by atoms with van der Waals surface area (Å²) in [4.78, 5) is 21.9. The molecule has 1 heterocycles. The van der Waals surface area contributed by atoms with Crippen molar-refractivity contribution in [2.45, 2.75) is 6.42 Å². The summed E-state index contributed by atoms with van der Waals surface area (Å²) in [5, 5.41) is 2.62. The van der Waals surface area contributed by atoms with E-state index in [1.807, 2.05) is 30.3 Å². The molecule has 0 saturated heterocycles. The molecule has 0 atom stereocenters. The van der Waals surface area contributed by atoms with Gasteiger partial charge in [0.25, 0.3) is 0 Å². The van der Waals surface area contributed by atoms with E-state index in [0.717, 1.165) is 5.56 Å². The summed E-state index contributed by atoms with van der Waals surface area (Å²) in [5.74, 6) is 0.159. The first-order chi connectivity index (χ1) is 8.24. The Bertz CT molecular complexity index is 567. The van der Waals surface area contributed by atoms with Crippen LogP contribution >= 0.6 is 12.2 Å². The highest BCUT2D eigenvalue weighted by molar-refractivity contribution is 7.71. The van der Waals surface area contributed by atoms with Gasteiger partial charge in [-0.2, -0.15) is 0 Å². The lowest BCUT2D eigenvalue weighted by molar-refractivity contribution is -0.115. The Morgan fingerprint density at radius 2 is 2.06 bits per heavy atom. The first-order valence-electron chi connectivity index (χ1n) is 4.99. The summed E-state index contributed by atoms with van der Waals surface area (Å²) < 4.78 is 0.287. The molecular weight excluding hydrogens is 236 g/mol. The van der Waals surface area contributed by atoms with Crippen molar-refractivity contribution in [1.29, 1.82) is 0 Å². The molecule has 0 spiro atoms. The van der Waals surface area contributed by atoms with Gasteiger partial charge in [-0.1, -0.05) is 30.3 Å². The average molecular weight is 246 g/mol. The van der Waals surface area contributed by atoms with Crippen LogP contribution in [0.15, 0.2) is 36.7 Å². The third-order valence-electron chi connectivity index (χ3n) is 2.05. The van der Waals surface area contributed by atoms with Gasteiger partial charge < -0.3 is 4.98 Å². The van der Waals surface area contributed by atoms with Crippen molar-refractivity contribution in [2.24, 2.45) is 0 Å². The highest BCUT2D eigenvalue weighted by Crippen LogP contribution is 2.01. The van der Waals surface area contributed by atoms with Crippen LogP contribution in [0, 0.1) is 4.77 Å². The Kier molecular flexibility index (Phi) is 3.56. The maximum Gasteiger partial charge on any atom is 0.231 e. The number of benzene rings is 1. The Morgan fingerprint density at radius 3 is 2.76 bits per heavy atom. The van der Waals surface area contributed by atoms with Gasteiger partial charge in [-0.3, -0.25) is 10.1 Å². The zero-order valence-corrected chi connectivity index (χ0v) is 9.70. The largest absolute Gasteiger partial charge is 0.301 e. The summed E-state index contributed by atoms with van der Waals surface area (Å²) in [7, 11) is 0. The summed E-state index contributed by atoms with van der Waals surface area (Å²) in [6, 6.07) is 9.47. The quantitative estimate of drug-likeness (QED) is 0.809. The minimum Gasteiger partial charge on any atom is -0.301 e. The third kappa shape index (κ3) is 3.46.